The first kappa shape index (κ1) is 16.3. The quantitative estimate of drug-likeness (QED) is 0.603. The molecule has 1 saturated carbocycles. The topological polar surface area (TPSA) is 122 Å². The smallest absolute Gasteiger partial charge is 0.229 e. The maximum absolute atomic E-state index is 11.5. The van der Waals surface area contributed by atoms with E-state index < -0.39 is 0 Å². The summed E-state index contributed by atoms with van der Waals surface area (Å²) in [6.45, 7) is 0.443. The highest BCUT2D eigenvalue weighted by atomic mass is 16.2. The summed E-state index contributed by atoms with van der Waals surface area (Å²) in [6, 6.07) is 5.67. The van der Waals surface area contributed by atoms with E-state index in [0.717, 1.165) is 41.2 Å². The Morgan fingerprint density at radius 1 is 1.35 bits per heavy atom. The Hall–Kier alpha value is -3.16. The Morgan fingerprint density at radius 2 is 2.19 bits per heavy atom. The number of nitrogens with one attached hydrogen (secondary N) is 3. The van der Waals surface area contributed by atoms with Gasteiger partial charge in [-0.05, 0) is 42.5 Å². The van der Waals surface area contributed by atoms with Gasteiger partial charge < -0.3 is 21.7 Å². The molecule has 2 heterocycles. The van der Waals surface area contributed by atoms with Gasteiger partial charge in [-0.2, -0.15) is 4.98 Å². The number of rotatable bonds is 7. The molecule has 8 heteroatoms. The Kier molecular flexibility index (Phi) is 4.16. The molecule has 134 valence electrons. The maximum Gasteiger partial charge on any atom is 0.229 e. The van der Waals surface area contributed by atoms with Gasteiger partial charge in [0.1, 0.15) is 5.82 Å². The molecule has 2 amide bonds. The average molecular weight is 352 g/mol. The normalized spacial score (nSPS) is 15.3. The summed E-state index contributed by atoms with van der Waals surface area (Å²) in [4.78, 5) is 31.4. The number of fused-ring (bicyclic) bond motifs is 1. The molecule has 2 aliphatic rings. The van der Waals surface area contributed by atoms with Crippen molar-refractivity contribution in [3.8, 4) is 0 Å². The van der Waals surface area contributed by atoms with Crippen LogP contribution >= 0.6 is 0 Å². The lowest BCUT2D eigenvalue weighted by atomic mass is 10.1. The number of benzene rings is 1. The molecule has 26 heavy (non-hydrogen) atoms. The second kappa shape index (κ2) is 6.62. The molecule has 1 fully saturated rings. The molecule has 1 aliphatic carbocycles. The van der Waals surface area contributed by atoms with Crippen molar-refractivity contribution in [1.29, 1.82) is 0 Å². The van der Waals surface area contributed by atoms with Crippen molar-refractivity contribution in [3.05, 3.63) is 35.5 Å². The molecule has 0 spiro atoms. The summed E-state index contributed by atoms with van der Waals surface area (Å²) in [5.74, 6) is 1.34. The molecule has 5 N–H and O–H groups in total. The fourth-order valence-electron chi connectivity index (χ4n) is 3.03. The molecular formula is C18H20N6O2. The lowest BCUT2D eigenvalue weighted by molar-refractivity contribution is -0.118. The number of anilines is 4. The minimum atomic E-state index is -0.348. The molecule has 2 aromatic rings. The van der Waals surface area contributed by atoms with Crippen LogP contribution in [-0.2, 0) is 16.0 Å². The second-order valence-corrected chi connectivity index (χ2v) is 6.64. The largest absolute Gasteiger partial charge is 0.370 e. The lowest BCUT2D eigenvalue weighted by Gasteiger charge is -2.12. The third-order valence-electron chi connectivity index (χ3n) is 4.48. The van der Waals surface area contributed by atoms with Crippen molar-refractivity contribution in [3.63, 3.8) is 0 Å². The van der Waals surface area contributed by atoms with Gasteiger partial charge in [0, 0.05) is 36.1 Å². The van der Waals surface area contributed by atoms with E-state index in [1.165, 1.54) is 0 Å². The maximum atomic E-state index is 11.5. The van der Waals surface area contributed by atoms with Crippen LogP contribution in [0, 0.1) is 0 Å². The van der Waals surface area contributed by atoms with Crippen LogP contribution < -0.4 is 21.7 Å². The van der Waals surface area contributed by atoms with E-state index in [9.17, 15) is 9.59 Å². The van der Waals surface area contributed by atoms with Crippen molar-refractivity contribution in [2.24, 2.45) is 5.73 Å². The highest BCUT2D eigenvalue weighted by Gasteiger charge is 2.27. The van der Waals surface area contributed by atoms with E-state index in [0.29, 0.717) is 24.8 Å². The number of nitrogens with zero attached hydrogens (tertiary/aromatic N) is 2. The number of primary amides is 1. The van der Waals surface area contributed by atoms with Crippen molar-refractivity contribution >= 4 is 35.0 Å². The Morgan fingerprint density at radius 3 is 2.96 bits per heavy atom. The number of carbonyl (C=O) groups excluding carboxylic acids is 2. The zero-order chi connectivity index (χ0) is 18.1. The third-order valence-corrected chi connectivity index (χ3v) is 4.48. The molecule has 0 bridgehead atoms. The van der Waals surface area contributed by atoms with Crippen LogP contribution in [0.5, 0.6) is 0 Å². The summed E-state index contributed by atoms with van der Waals surface area (Å²) in [7, 11) is 0. The van der Waals surface area contributed by atoms with Gasteiger partial charge >= 0.3 is 0 Å². The monoisotopic (exact) mass is 352 g/mol. The minimum Gasteiger partial charge on any atom is -0.370 e. The van der Waals surface area contributed by atoms with E-state index in [2.05, 4.69) is 25.9 Å². The number of hydrogen-bond donors (Lipinski definition) is 4. The standard InChI is InChI=1S/C18H20N6O2/c19-15(25)5-6-20-17-13(10-1-2-10)9-21-18(24-17)22-12-3-4-14-11(7-12)8-16(26)23-14/h3-4,7,9-10H,1-2,5-6,8H2,(H2,19,25)(H,23,26)(H2,20,21,22,24). The predicted molar refractivity (Wildman–Crippen MR) is 98.4 cm³/mol. The zero-order valence-electron chi connectivity index (χ0n) is 14.2. The van der Waals surface area contributed by atoms with Gasteiger partial charge in [-0.1, -0.05) is 0 Å². The molecule has 1 aliphatic heterocycles. The van der Waals surface area contributed by atoms with Gasteiger partial charge in [-0.15, -0.1) is 0 Å². The van der Waals surface area contributed by atoms with Crippen LogP contribution in [0.3, 0.4) is 0 Å². The number of carbonyl (C=O) groups is 2. The average Bonchev–Trinajstić information content (AvgIpc) is 3.36. The first-order chi connectivity index (χ1) is 12.6. The van der Waals surface area contributed by atoms with Crippen molar-refractivity contribution in [1.82, 2.24) is 9.97 Å². The van der Waals surface area contributed by atoms with Gasteiger partial charge in [0.05, 0.1) is 6.42 Å². The fourth-order valence-corrected chi connectivity index (χ4v) is 3.03. The number of amides is 2. The molecule has 0 atom stereocenters. The van der Waals surface area contributed by atoms with Crippen LogP contribution in [0.2, 0.25) is 0 Å². The summed E-state index contributed by atoms with van der Waals surface area (Å²) >= 11 is 0. The SMILES string of the molecule is NC(=O)CCNc1nc(Nc2ccc3c(c2)CC(=O)N3)ncc1C1CC1. The Bertz CT molecular complexity index is 878. The van der Waals surface area contributed by atoms with E-state index in [4.69, 9.17) is 5.73 Å². The molecule has 4 rings (SSSR count). The van der Waals surface area contributed by atoms with E-state index in [-0.39, 0.29) is 18.2 Å². The summed E-state index contributed by atoms with van der Waals surface area (Å²) in [5, 5.41) is 9.19. The first-order valence-electron chi connectivity index (χ1n) is 8.67. The number of hydrogen-bond acceptors (Lipinski definition) is 6. The third kappa shape index (κ3) is 3.58. The number of aromatic nitrogens is 2. The molecule has 0 saturated heterocycles. The highest BCUT2D eigenvalue weighted by Crippen LogP contribution is 2.42. The van der Waals surface area contributed by atoms with Gasteiger partial charge in [0.15, 0.2) is 0 Å². The Balaban J connectivity index is 1.52. The summed E-state index contributed by atoms with van der Waals surface area (Å²) in [6.07, 6.45) is 4.73. The second-order valence-electron chi connectivity index (χ2n) is 6.64. The fraction of sp³-hybridized carbons (Fsp3) is 0.333. The van der Waals surface area contributed by atoms with Crippen LogP contribution in [0.15, 0.2) is 24.4 Å². The molecule has 0 unspecified atom stereocenters. The minimum absolute atomic E-state index is 0.00289. The van der Waals surface area contributed by atoms with Crippen LogP contribution in [0.25, 0.3) is 0 Å². The van der Waals surface area contributed by atoms with Gasteiger partial charge in [0.2, 0.25) is 17.8 Å². The van der Waals surface area contributed by atoms with Crippen molar-refractivity contribution < 1.29 is 9.59 Å². The van der Waals surface area contributed by atoms with Crippen molar-refractivity contribution in [2.45, 2.75) is 31.6 Å². The molecule has 1 aromatic heterocycles. The van der Waals surface area contributed by atoms with Gasteiger partial charge in [-0.25, -0.2) is 4.98 Å². The van der Waals surface area contributed by atoms with E-state index in [1.807, 2.05) is 24.4 Å². The van der Waals surface area contributed by atoms with Crippen LogP contribution in [0.4, 0.5) is 23.1 Å². The van der Waals surface area contributed by atoms with E-state index in [1.54, 1.807) is 0 Å². The van der Waals surface area contributed by atoms with E-state index >= 15 is 0 Å². The zero-order valence-corrected chi connectivity index (χ0v) is 14.2. The number of nitrogens with two attached hydrogens (primary N) is 1. The highest BCUT2D eigenvalue weighted by molar-refractivity contribution is 5.99. The Labute approximate surface area is 150 Å². The van der Waals surface area contributed by atoms with Crippen LogP contribution in [0.1, 0.15) is 36.3 Å². The molecule has 0 radical (unpaired) electrons. The predicted octanol–water partition coefficient (Wildman–Crippen LogP) is 1.88. The summed E-state index contributed by atoms with van der Waals surface area (Å²) in [5.41, 5.74) is 8.89. The van der Waals surface area contributed by atoms with Crippen molar-refractivity contribution in [2.75, 3.05) is 22.5 Å². The molecule has 8 nitrogen and oxygen atoms in total. The molecule has 1 aromatic carbocycles. The van der Waals surface area contributed by atoms with Crippen LogP contribution in [-0.4, -0.2) is 28.3 Å². The van der Waals surface area contributed by atoms with Gasteiger partial charge in [0.25, 0.3) is 0 Å². The lowest BCUT2D eigenvalue weighted by Crippen LogP contribution is -2.17. The first-order valence-corrected chi connectivity index (χ1v) is 8.67. The molecular weight excluding hydrogens is 332 g/mol. The van der Waals surface area contributed by atoms with Gasteiger partial charge in [-0.3, -0.25) is 9.59 Å². The summed E-state index contributed by atoms with van der Waals surface area (Å²) < 4.78 is 0.